The second-order valence-electron chi connectivity index (χ2n) is 18.7. The van der Waals surface area contributed by atoms with Crippen molar-refractivity contribution < 1.29 is 30.4 Å². The van der Waals surface area contributed by atoms with Gasteiger partial charge in [-0.2, -0.15) is 29.1 Å². The van der Waals surface area contributed by atoms with Gasteiger partial charge in [0.15, 0.2) is 10.1 Å². The Morgan fingerprint density at radius 3 is 1.53 bits per heavy atom. The van der Waals surface area contributed by atoms with Crippen molar-refractivity contribution in [2.45, 2.75) is 102 Å². The zero-order chi connectivity index (χ0) is 54.0. The van der Waals surface area contributed by atoms with Gasteiger partial charge in [-0.05, 0) is 139 Å². The van der Waals surface area contributed by atoms with Gasteiger partial charge >= 0.3 is 6.03 Å². The van der Waals surface area contributed by atoms with Gasteiger partial charge in [0.05, 0.1) is 40.3 Å². The normalized spacial score (nSPS) is 11.6. The molecule has 4 aromatic carbocycles. The average Bonchev–Trinajstić information content (AvgIpc) is 3.93. The molecule has 6 aromatic rings. The van der Waals surface area contributed by atoms with Crippen LogP contribution in [0.25, 0.3) is 22.3 Å². The predicted molar refractivity (Wildman–Crippen MR) is 276 cm³/mol. The number of rotatable bonds is 14. The molecule has 2 aromatic heterocycles. The molecule has 2 amide bonds. The van der Waals surface area contributed by atoms with Crippen LogP contribution in [0.4, 0.5) is 25.0 Å². The molecule has 0 saturated heterocycles. The average molecular weight is 1030 g/mol. The molecule has 0 saturated carbocycles. The van der Waals surface area contributed by atoms with Crippen LogP contribution in [-0.4, -0.2) is 80.4 Å². The van der Waals surface area contributed by atoms with Crippen molar-refractivity contribution in [1.29, 1.82) is 10.5 Å². The number of aromatic nitrogens is 4. The summed E-state index contributed by atoms with van der Waals surface area (Å²) in [5.41, 5.74) is 12.9. The maximum absolute atomic E-state index is 14.6. The fourth-order valence-corrected chi connectivity index (χ4v) is 8.89. The van der Waals surface area contributed by atoms with Gasteiger partial charge in [-0.1, -0.05) is 52.0 Å². The Balaban J connectivity index is 0.000000267. The van der Waals surface area contributed by atoms with E-state index in [0.717, 1.165) is 16.8 Å². The Labute approximate surface area is 422 Å². The number of nitrogens with two attached hydrogens (primary N) is 2. The number of anilines is 2. The van der Waals surface area contributed by atoms with E-state index in [0.29, 0.717) is 57.9 Å². The van der Waals surface area contributed by atoms with Gasteiger partial charge in [0.25, 0.3) is 20.0 Å². The molecule has 6 N–H and O–H groups in total. The van der Waals surface area contributed by atoms with Crippen molar-refractivity contribution in [3.8, 4) is 34.4 Å². The minimum atomic E-state index is -4.31. The van der Waals surface area contributed by atoms with Gasteiger partial charge in [0, 0.05) is 54.1 Å². The van der Waals surface area contributed by atoms with Crippen molar-refractivity contribution in [1.82, 2.24) is 34.1 Å². The smallest absolute Gasteiger partial charge is 0.333 e. The van der Waals surface area contributed by atoms with E-state index < -0.39 is 31.9 Å². The number of benzene rings is 4. The minimum Gasteiger partial charge on any atom is -0.398 e. The molecule has 0 unspecified atom stereocenters. The van der Waals surface area contributed by atoms with Gasteiger partial charge in [-0.25, -0.2) is 31.9 Å². The molecule has 0 bridgehead atoms. The second-order valence-corrected chi connectivity index (χ2v) is 21.8. The van der Waals surface area contributed by atoms with Gasteiger partial charge in [-0.15, -0.1) is 0 Å². The Morgan fingerprint density at radius 1 is 0.667 bits per heavy atom. The molecular weight excluding hydrogens is 963 g/mol. The quantitative estimate of drug-likeness (QED) is 0.0746. The summed E-state index contributed by atoms with van der Waals surface area (Å²) in [6, 6.07) is 25.0. The van der Waals surface area contributed by atoms with E-state index in [-0.39, 0.29) is 45.5 Å². The zero-order valence-corrected chi connectivity index (χ0v) is 44.3. The van der Waals surface area contributed by atoms with Crippen LogP contribution in [0.15, 0.2) is 95.0 Å². The number of nitrogens with zero attached hydrogens (tertiary/aromatic N) is 8. The fourth-order valence-electron chi connectivity index (χ4n) is 7.50. The first-order chi connectivity index (χ1) is 33.6. The number of urea groups is 1. The number of hydrogen-bond donors (Lipinski definition) is 4. The Hall–Kier alpha value is -7.01. The lowest BCUT2D eigenvalue weighted by atomic mass is 9.93. The van der Waals surface area contributed by atoms with Crippen LogP contribution in [0.1, 0.15) is 113 Å². The molecule has 0 atom stereocenters. The summed E-state index contributed by atoms with van der Waals surface area (Å²) in [7, 11) is -0.497. The number of hydrogen-bond acceptors (Lipinski definition) is 12. The molecule has 17 nitrogen and oxygen atoms in total. The molecule has 0 aliphatic heterocycles. The lowest BCUT2D eigenvalue weighted by Crippen LogP contribution is -2.35. The van der Waals surface area contributed by atoms with Crippen LogP contribution < -0.4 is 20.9 Å². The third-order valence-corrected chi connectivity index (χ3v) is 12.7. The number of nitrogens with one attached hydrogen (secondary N) is 2. The van der Waals surface area contributed by atoms with Crippen LogP contribution in [-0.2, 0) is 33.1 Å². The second kappa shape index (κ2) is 24.4. The zero-order valence-electron chi connectivity index (χ0n) is 42.7. The van der Waals surface area contributed by atoms with Crippen molar-refractivity contribution in [2.75, 3.05) is 39.2 Å². The highest BCUT2D eigenvalue weighted by atomic mass is 32.2. The standard InChI is InChI=1S/C26H31FN6O3S.C16H15FN2.C9H18N4O2S/c1-16(2)22-11-20(27)12-23(19-9-7-8-18(10-19)14-28)25(22)29-26(34)31-37(35,36)24-13-21(15-32(5)6)33(30-24)17(3)4;1-10(2)14-7-13(17)8-15(16(14)19)12-5-3-4-11(6-12)9-18;1-7(2)13-8(6-12(3)4)5-9(11-13)16(10,14)15/h7-13,16-17H,15H2,1-6H3,(H2,29,31,34);3-8,10H,19H2,1-2H3;5,7H,6H2,1-4H3,(H2,10,14,15). The molecule has 384 valence electrons. The Morgan fingerprint density at radius 2 is 1.10 bits per heavy atom. The molecule has 72 heavy (non-hydrogen) atoms. The maximum atomic E-state index is 14.6. The summed E-state index contributed by atoms with van der Waals surface area (Å²) >= 11 is 0. The summed E-state index contributed by atoms with van der Waals surface area (Å²) in [5.74, 6) is -0.882. The van der Waals surface area contributed by atoms with E-state index in [2.05, 4.69) is 21.6 Å². The Bertz CT molecular complexity index is 3210. The largest absolute Gasteiger partial charge is 0.398 e. The monoisotopic (exact) mass is 1030 g/mol. The first-order valence-corrected chi connectivity index (χ1v) is 25.9. The summed E-state index contributed by atoms with van der Waals surface area (Å²) < 4.78 is 82.1. The van der Waals surface area contributed by atoms with Crippen molar-refractivity contribution in [3.63, 3.8) is 0 Å². The Kier molecular flexibility index (Phi) is 19.5. The van der Waals surface area contributed by atoms with E-state index >= 15 is 0 Å². The SMILES string of the molecule is CC(C)c1cc(F)cc(-c2cccc(C#N)c2)c1N.CC(C)c1cc(F)cc(-c2cccc(C#N)c2)c1NC(=O)NS(=O)(=O)c1cc(CN(C)C)n(C(C)C)n1.CC(C)n1nc(S(N)(=O)=O)cc1CN(C)C. The number of carbonyl (C=O) groups is 1. The van der Waals surface area contributed by atoms with Crippen molar-refractivity contribution in [3.05, 3.63) is 130 Å². The summed E-state index contributed by atoms with van der Waals surface area (Å²) in [6.45, 7) is 16.3. The van der Waals surface area contributed by atoms with Gasteiger partial charge in [-0.3, -0.25) is 9.36 Å². The molecule has 6 rings (SSSR count). The van der Waals surface area contributed by atoms with E-state index in [9.17, 15) is 35.7 Å². The molecule has 0 fully saturated rings. The van der Waals surface area contributed by atoms with E-state index in [4.69, 9.17) is 16.1 Å². The maximum Gasteiger partial charge on any atom is 0.333 e. The first kappa shape index (κ1) is 57.6. The van der Waals surface area contributed by atoms with Crippen molar-refractivity contribution in [2.24, 2.45) is 5.14 Å². The van der Waals surface area contributed by atoms with Crippen LogP contribution in [0, 0.1) is 34.3 Å². The van der Waals surface area contributed by atoms with Crippen LogP contribution in [0.3, 0.4) is 0 Å². The molecule has 2 heterocycles. The number of nitriles is 2. The van der Waals surface area contributed by atoms with Crippen molar-refractivity contribution >= 4 is 37.5 Å². The van der Waals surface area contributed by atoms with Gasteiger partial charge in [0.1, 0.15) is 11.6 Å². The van der Waals surface area contributed by atoms with Crippen LogP contribution >= 0.6 is 0 Å². The number of primary sulfonamides is 1. The number of amides is 2. The highest BCUT2D eigenvalue weighted by Gasteiger charge is 2.26. The van der Waals surface area contributed by atoms with Gasteiger partial charge < -0.3 is 20.9 Å². The molecular formula is C51H64F2N12O5S2. The van der Waals surface area contributed by atoms with E-state index in [1.807, 2.05) is 110 Å². The predicted octanol–water partition coefficient (Wildman–Crippen LogP) is 9.08. The van der Waals surface area contributed by atoms with Crippen LogP contribution in [0.2, 0.25) is 0 Å². The topological polar surface area (TPSA) is 251 Å². The number of carbonyl (C=O) groups excluding carboxylic acids is 1. The molecule has 0 aliphatic rings. The lowest BCUT2D eigenvalue weighted by Gasteiger charge is -2.19. The summed E-state index contributed by atoms with van der Waals surface area (Å²) in [6.07, 6.45) is 0. The highest BCUT2D eigenvalue weighted by molar-refractivity contribution is 7.90. The number of nitrogen functional groups attached to an aromatic ring is 1. The summed E-state index contributed by atoms with van der Waals surface area (Å²) in [4.78, 5) is 16.8. The lowest BCUT2D eigenvalue weighted by molar-refractivity contribution is 0.256. The third kappa shape index (κ3) is 15.2. The summed E-state index contributed by atoms with van der Waals surface area (Å²) in [5, 5.41) is 33.7. The highest BCUT2D eigenvalue weighted by Crippen LogP contribution is 2.37. The van der Waals surface area contributed by atoms with E-state index in [1.165, 1.54) is 36.4 Å². The number of halogens is 2. The van der Waals surface area contributed by atoms with Gasteiger partial charge in [0.2, 0.25) is 0 Å². The van der Waals surface area contributed by atoms with E-state index in [1.54, 1.807) is 51.8 Å². The molecule has 21 heteroatoms. The molecule has 0 radical (unpaired) electrons. The molecule has 0 aliphatic carbocycles. The minimum absolute atomic E-state index is 0.0712. The first-order valence-electron chi connectivity index (χ1n) is 22.8. The third-order valence-electron chi connectivity index (χ3n) is 10.7. The fraction of sp³-hybridized carbons (Fsp3) is 0.353. The molecule has 0 spiro atoms. The van der Waals surface area contributed by atoms with Crippen LogP contribution in [0.5, 0.6) is 0 Å². The number of sulfonamides is 2.